The highest BCUT2D eigenvalue weighted by atomic mass is 16.3. The molecule has 1 aromatic carbocycles. The van der Waals surface area contributed by atoms with Crippen LogP contribution in [0.4, 0.5) is 0 Å². The van der Waals surface area contributed by atoms with E-state index in [1.807, 2.05) is 6.07 Å². The molecular formula is C15H24O. The van der Waals surface area contributed by atoms with Crippen molar-refractivity contribution in [3.63, 3.8) is 0 Å². The molecule has 0 unspecified atom stereocenters. The highest BCUT2D eigenvalue weighted by Gasteiger charge is 2.24. The van der Waals surface area contributed by atoms with Crippen LogP contribution in [-0.4, -0.2) is 10.7 Å². The quantitative estimate of drug-likeness (QED) is 0.737. The molecule has 0 radical (unpaired) electrons. The van der Waals surface area contributed by atoms with E-state index in [2.05, 4.69) is 38.1 Å². The number of hydrogen-bond acceptors (Lipinski definition) is 1. The Bertz CT molecular complexity index is 273. The third-order valence-corrected chi connectivity index (χ3v) is 3.15. The lowest BCUT2D eigenvalue weighted by atomic mass is 9.87. The molecule has 90 valence electrons. The van der Waals surface area contributed by atoms with Crippen molar-refractivity contribution in [2.45, 2.75) is 58.0 Å². The summed E-state index contributed by atoms with van der Waals surface area (Å²) in [4.78, 5) is 0. The Balaban J connectivity index is 2.49. The van der Waals surface area contributed by atoms with Gasteiger partial charge in [-0.2, -0.15) is 0 Å². The Morgan fingerprint density at radius 1 is 0.938 bits per heavy atom. The van der Waals surface area contributed by atoms with Crippen LogP contribution >= 0.6 is 0 Å². The minimum absolute atomic E-state index is 0.445. The van der Waals surface area contributed by atoms with Gasteiger partial charge in [0.2, 0.25) is 0 Å². The fraction of sp³-hybridized carbons (Fsp3) is 0.600. The molecule has 1 rings (SSSR count). The van der Waals surface area contributed by atoms with Gasteiger partial charge in [-0.25, -0.2) is 0 Å². The summed E-state index contributed by atoms with van der Waals surface area (Å²) in [6.45, 7) is 4.28. The van der Waals surface area contributed by atoms with Crippen LogP contribution in [0.3, 0.4) is 0 Å². The molecule has 1 nitrogen and oxygen atoms in total. The molecule has 0 aliphatic carbocycles. The van der Waals surface area contributed by atoms with E-state index in [0.717, 1.165) is 38.5 Å². The first-order valence-electron chi connectivity index (χ1n) is 6.46. The molecule has 1 aromatic rings. The van der Waals surface area contributed by atoms with Gasteiger partial charge in [-0.1, -0.05) is 57.0 Å². The molecular weight excluding hydrogens is 196 g/mol. The summed E-state index contributed by atoms with van der Waals surface area (Å²) >= 11 is 0. The fourth-order valence-corrected chi connectivity index (χ4v) is 2.33. The van der Waals surface area contributed by atoms with E-state index in [-0.39, 0.29) is 0 Å². The van der Waals surface area contributed by atoms with Gasteiger partial charge in [0.05, 0.1) is 5.60 Å². The average Bonchev–Trinajstić information content (AvgIpc) is 2.29. The minimum Gasteiger partial charge on any atom is -0.390 e. The second kappa shape index (κ2) is 6.70. The summed E-state index contributed by atoms with van der Waals surface area (Å²) < 4.78 is 0. The molecule has 0 saturated carbocycles. The maximum atomic E-state index is 10.5. The lowest BCUT2D eigenvalue weighted by Gasteiger charge is -2.27. The van der Waals surface area contributed by atoms with Crippen LogP contribution in [0.15, 0.2) is 30.3 Å². The Morgan fingerprint density at radius 3 is 2.00 bits per heavy atom. The van der Waals surface area contributed by atoms with Crippen molar-refractivity contribution in [2.24, 2.45) is 0 Å². The van der Waals surface area contributed by atoms with Gasteiger partial charge in [0.25, 0.3) is 0 Å². The fourth-order valence-electron chi connectivity index (χ4n) is 2.33. The molecule has 0 bridgehead atoms. The molecule has 16 heavy (non-hydrogen) atoms. The zero-order valence-electron chi connectivity index (χ0n) is 10.6. The van der Waals surface area contributed by atoms with E-state index in [1.165, 1.54) is 5.56 Å². The summed E-state index contributed by atoms with van der Waals surface area (Å²) in [7, 11) is 0. The summed E-state index contributed by atoms with van der Waals surface area (Å²) in [6.07, 6.45) is 5.84. The van der Waals surface area contributed by atoms with Gasteiger partial charge in [-0.05, 0) is 31.2 Å². The molecule has 0 saturated heterocycles. The Labute approximate surface area is 99.5 Å². The van der Waals surface area contributed by atoms with Gasteiger partial charge in [0, 0.05) is 0 Å². The van der Waals surface area contributed by atoms with Gasteiger partial charge < -0.3 is 5.11 Å². The molecule has 1 heteroatoms. The van der Waals surface area contributed by atoms with E-state index < -0.39 is 5.60 Å². The van der Waals surface area contributed by atoms with Gasteiger partial charge in [-0.15, -0.1) is 0 Å². The van der Waals surface area contributed by atoms with Crippen LogP contribution < -0.4 is 0 Å². The second-order valence-electron chi connectivity index (χ2n) is 4.71. The molecule has 0 atom stereocenters. The Morgan fingerprint density at radius 2 is 1.50 bits per heavy atom. The SMILES string of the molecule is CCCC(O)(CCC)CCc1ccccc1. The van der Waals surface area contributed by atoms with Crippen molar-refractivity contribution in [2.75, 3.05) is 0 Å². The summed E-state index contributed by atoms with van der Waals surface area (Å²) in [6, 6.07) is 10.4. The topological polar surface area (TPSA) is 20.2 Å². The molecule has 1 N–H and O–H groups in total. The van der Waals surface area contributed by atoms with Gasteiger partial charge in [0.1, 0.15) is 0 Å². The van der Waals surface area contributed by atoms with Crippen LogP contribution in [0.5, 0.6) is 0 Å². The van der Waals surface area contributed by atoms with Crippen LogP contribution in [0.1, 0.15) is 51.5 Å². The average molecular weight is 220 g/mol. The summed E-state index contributed by atoms with van der Waals surface area (Å²) in [5.74, 6) is 0. The maximum Gasteiger partial charge on any atom is 0.0650 e. The summed E-state index contributed by atoms with van der Waals surface area (Å²) in [5.41, 5.74) is 0.882. The van der Waals surface area contributed by atoms with Gasteiger partial charge >= 0.3 is 0 Å². The van der Waals surface area contributed by atoms with Crippen LogP contribution in [0.25, 0.3) is 0 Å². The van der Waals surface area contributed by atoms with Crippen molar-refractivity contribution < 1.29 is 5.11 Å². The minimum atomic E-state index is -0.445. The van der Waals surface area contributed by atoms with E-state index in [9.17, 15) is 5.11 Å². The van der Waals surface area contributed by atoms with E-state index in [0.29, 0.717) is 0 Å². The van der Waals surface area contributed by atoms with E-state index in [4.69, 9.17) is 0 Å². The maximum absolute atomic E-state index is 10.5. The Hall–Kier alpha value is -0.820. The van der Waals surface area contributed by atoms with Crippen molar-refractivity contribution in [3.05, 3.63) is 35.9 Å². The number of benzene rings is 1. The van der Waals surface area contributed by atoms with Crippen LogP contribution in [0, 0.1) is 0 Å². The van der Waals surface area contributed by atoms with Crippen molar-refractivity contribution >= 4 is 0 Å². The monoisotopic (exact) mass is 220 g/mol. The predicted molar refractivity (Wildman–Crippen MR) is 69.5 cm³/mol. The van der Waals surface area contributed by atoms with Crippen molar-refractivity contribution in [1.29, 1.82) is 0 Å². The first kappa shape index (κ1) is 13.2. The lowest BCUT2D eigenvalue weighted by Crippen LogP contribution is -2.28. The van der Waals surface area contributed by atoms with Gasteiger partial charge in [-0.3, -0.25) is 0 Å². The molecule has 0 aromatic heterocycles. The van der Waals surface area contributed by atoms with Crippen LogP contribution in [-0.2, 0) is 6.42 Å². The second-order valence-corrected chi connectivity index (χ2v) is 4.71. The third kappa shape index (κ3) is 4.36. The zero-order valence-corrected chi connectivity index (χ0v) is 10.6. The normalized spacial score (nSPS) is 11.7. The first-order valence-corrected chi connectivity index (χ1v) is 6.46. The van der Waals surface area contributed by atoms with Crippen molar-refractivity contribution in [3.8, 4) is 0 Å². The Kier molecular flexibility index (Phi) is 5.54. The molecule has 0 amide bonds. The zero-order chi connectivity index (χ0) is 11.9. The number of aryl methyl sites for hydroxylation is 1. The number of aliphatic hydroxyl groups is 1. The van der Waals surface area contributed by atoms with Gasteiger partial charge in [0.15, 0.2) is 0 Å². The largest absolute Gasteiger partial charge is 0.390 e. The highest BCUT2D eigenvalue weighted by molar-refractivity contribution is 5.15. The van der Waals surface area contributed by atoms with E-state index in [1.54, 1.807) is 0 Å². The van der Waals surface area contributed by atoms with E-state index >= 15 is 0 Å². The predicted octanol–water partition coefficient (Wildman–Crippen LogP) is 3.95. The molecule has 0 aliphatic rings. The lowest BCUT2D eigenvalue weighted by molar-refractivity contribution is 0.0132. The first-order chi connectivity index (χ1) is 7.70. The van der Waals surface area contributed by atoms with Crippen LogP contribution in [0.2, 0.25) is 0 Å². The standard InChI is InChI=1S/C15H24O/c1-3-11-15(16,12-4-2)13-10-14-8-6-5-7-9-14/h5-9,16H,3-4,10-13H2,1-2H3. The third-order valence-electron chi connectivity index (χ3n) is 3.15. The smallest absolute Gasteiger partial charge is 0.0650 e. The molecule has 0 heterocycles. The molecule has 0 fully saturated rings. The molecule has 0 aliphatic heterocycles. The van der Waals surface area contributed by atoms with Crippen molar-refractivity contribution in [1.82, 2.24) is 0 Å². The highest BCUT2D eigenvalue weighted by Crippen LogP contribution is 2.25. The molecule has 0 spiro atoms. The summed E-state index contributed by atoms with van der Waals surface area (Å²) in [5, 5.41) is 10.5. The number of rotatable bonds is 7. The number of hydrogen-bond donors (Lipinski definition) is 1.